The number of hydrogen-bond acceptors (Lipinski definition) is 6. The zero-order valence-corrected chi connectivity index (χ0v) is 15.8. The molecule has 0 fully saturated rings. The fourth-order valence-corrected chi connectivity index (χ4v) is 2.78. The molecule has 29 heavy (non-hydrogen) atoms. The Labute approximate surface area is 167 Å². The molecule has 146 valence electrons. The van der Waals surface area contributed by atoms with Crippen molar-refractivity contribution in [2.45, 2.75) is 20.0 Å². The third-order valence-corrected chi connectivity index (χ3v) is 4.34. The van der Waals surface area contributed by atoms with Gasteiger partial charge in [0, 0.05) is 12.1 Å². The molecule has 0 aliphatic rings. The number of benzene rings is 2. The van der Waals surface area contributed by atoms with Gasteiger partial charge in [0.15, 0.2) is 18.2 Å². The molecule has 0 spiro atoms. The van der Waals surface area contributed by atoms with Gasteiger partial charge in [-0.3, -0.25) is 4.79 Å². The number of rotatable bonds is 7. The Morgan fingerprint density at radius 1 is 1.07 bits per heavy atom. The van der Waals surface area contributed by atoms with Gasteiger partial charge >= 0.3 is 0 Å². The number of carbonyl (C=O) groups is 1. The Bertz CT molecular complexity index is 1090. The zero-order valence-electron chi connectivity index (χ0n) is 15.8. The van der Waals surface area contributed by atoms with Crippen molar-refractivity contribution >= 4 is 11.6 Å². The first kappa shape index (κ1) is 18.5. The Morgan fingerprint density at radius 3 is 2.66 bits per heavy atom. The predicted octanol–water partition coefficient (Wildman–Crippen LogP) is 4.39. The van der Waals surface area contributed by atoms with Crippen molar-refractivity contribution in [3.05, 3.63) is 95.5 Å². The molecule has 0 aliphatic carbocycles. The number of amides is 1. The maximum Gasteiger partial charge on any atom is 0.291 e. The summed E-state index contributed by atoms with van der Waals surface area (Å²) in [4.78, 5) is 16.3. The van der Waals surface area contributed by atoms with E-state index in [4.69, 9.17) is 13.7 Å². The summed E-state index contributed by atoms with van der Waals surface area (Å²) in [6, 6.07) is 18.4. The lowest BCUT2D eigenvalue weighted by atomic mass is 10.1. The Morgan fingerprint density at radius 2 is 1.90 bits per heavy atom. The summed E-state index contributed by atoms with van der Waals surface area (Å²) in [6.45, 7) is 2.22. The molecule has 2 heterocycles. The normalized spacial score (nSPS) is 10.7. The number of ether oxygens (including phenoxy) is 1. The lowest BCUT2D eigenvalue weighted by Gasteiger charge is -2.06. The number of aryl methyl sites for hydroxylation is 1. The lowest BCUT2D eigenvalue weighted by molar-refractivity contribution is 0.0996. The third kappa shape index (κ3) is 4.70. The van der Waals surface area contributed by atoms with E-state index in [2.05, 4.69) is 28.4 Å². The summed E-state index contributed by atoms with van der Waals surface area (Å²) in [6.07, 6.45) is 2.07. The summed E-state index contributed by atoms with van der Waals surface area (Å²) >= 11 is 0. The highest BCUT2D eigenvalue weighted by Crippen LogP contribution is 2.18. The Hall–Kier alpha value is -3.87. The molecular weight excluding hydrogens is 370 g/mol. The average molecular weight is 389 g/mol. The van der Waals surface area contributed by atoms with Gasteiger partial charge in [-0.1, -0.05) is 29.4 Å². The lowest BCUT2D eigenvalue weighted by Crippen LogP contribution is -2.10. The molecule has 0 unspecified atom stereocenters. The molecule has 4 aromatic rings. The number of hydrogen-bond donors (Lipinski definition) is 1. The number of nitrogens with zero attached hydrogens (tertiary/aromatic N) is 2. The van der Waals surface area contributed by atoms with Crippen LogP contribution in [0.3, 0.4) is 0 Å². The molecular formula is C22H19N3O4. The van der Waals surface area contributed by atoms with E-state index in [1.165, 1.54) is 11.8 Å². The first-order valence-electron chi connectivity index (χ1n) is 9.11. The minimum absolute atomic E-state index is 0.166. The van der Waals surface area contributed by atoms with E-state index in [-0.39, 0.29) is 18.3 Å². The number of furan rings is 1. The van der Waals surface area contributed by atoms with Crippen molar-refractivity contribution in [3.63, 3.8) is 0 Å². The van der Waals surface area contributed by atoms with E-state index in [9.17, 15) is 4.79 Å². The van der Waals surface area contributed by atoms with Crippen molar-refractivity contribution in [1.82, 2.24) is 10.1 Å². The molecule has 0 saturated heterocycles. The van der Waals surface area contributed by atoms with Crippen molar-refractivity contribution in [2.75, 3.05) is 5.32 Å². The Kier molecular flexibility index (Phi) is 5.38. The van der Waals surface area contributed by atoms with Crippen LogP contribution in [0.5, 0.6) is 5.75 Å². The van der Waals surface area contributed by atoms with Gasteiger partial charge in [0.2, 0.25) is 0 Å². The van der Waals surface area contributed by atoms with E-state index >= 15 is 0 Å². The van der Waals surface area contributed by atoms with E-state index in [1.54, 1.807) is 36.4 Å². The van der Waals surface area contributed by atoms with Crippen LogP contribution in [0.4, 0.5) is 5.69 Å². The van der Waals surface area contributed by atoms with Crippen LogP contribution in [0.15, 0.2) is 75.9 Å². The molecule has 0 bridgehead atoms. The minimum atomic E-state index is -0.310. The smallest absolute Gasteiger partial charge is 0.291 e. The molecule has 0 aliphatic heterocycles. The van der Waals surface area contributed by atoms with Gasteiger partial charge in [0.1, 0.15) is 5.75 Å². The molecule has 7 nitrogen and oxygen atoms in total. The number of anilines is 1. The van der Waals surface area contributed by atoms with Crippen LogP contribution in [-0.2, 0) is 13.0 Å². The first-order valence-corrected chi connectivity index (χ1v) is 9.11. The van der Waals surface area contributed by atoms with Crippen molar-refractivity contribution in [3.8, 4) is 5.75 Å². The summed E-state index contributed by atoms with van der Waals surface area (Å²) in [7, 11) is 0. The van der Waals surface area contributed by atoms with Crippen molar-refractivity contribution < 1.29 is 18.5 Å². The van der Waals surface area contributed by atoms with Gasteiger partial charge in [-0.15, -0.1) is 0 Å². The zero-order chi connectivity index (χ0) is 20.1. The average Bonchev–Trinajstić information content (AvgIpc) is 3.42. The number of nitrogens with one attached hydrogen (secondary N) is 1. The van der Waals surface area contributed by atoms with Gasteiger partial charge in [0.05, 0.1) is 6.26 Å². The highest BCUT2D eigenvalue weighted by Gasteiger charge is 2.10. The highest BCUT2D eigenvalue weighted by molar-refractivity contribution is 6.02. The fourth-order valence-electron chi connectivity index (χ4n) is 2.78. The van der Waals surface area contributed by atoms with Crippen LogP contribution < -0.4 is 10.1 Å². The Balaban J connectivity index is 1.31. The quantitative estimate of drug-likeness (QED) is 0.504. The van der Waals surface area contributed by atoms with E-state index in [0.29, 0.717) is 29.6 Å². The van der Waals surface area contributed by atoms with Crippen LogP contribution in [0.25, 0.3) is 0 Å². The second-order valence-electron chi connectivity index (χ2n) is 6.45. The predicted molar refractivity (Wildman–Crippen MR) is 106 cm³/mol. The molecule has 2 aromatic heterocycles. The molecule has 0 radical (unpaired) electrons. The van der Waals surface area contributed by atoms with Gasteiger partial charge < -0.3 is 19.0 Å². The standard InChI is InChI=1S/C22H19N3O4/c1-15-5-2-3-6-16(15)13-20-24-21(29-25-20)14-28-18-10-8-17(9-11-18)23-22(26)19-7-4-12-27-19/h2-12H,13-14H2,1H3,(H,23,26). The summed E-state index contributed by atoms with van der Waals surface area (Å²) < 4.78 is 16.0. The van der Waals surface area contributed by atoms with Gasteiger partial charge in [-0.2, -0.15) is 4.98 Å². The second kappa shape index (κ2) is 8.43. The molecule has 1 amide bonds. The van der Waals surface area contributed by atoms with Crippen molar-refractivity contribution in [2.24, 2.45) is 0 Å². The largest absolute Gasteiger partial charge is 0.484 e. The van der Waals surface area contributed by atoms with Gasteiger partial charge in [-0.25, -0.2) is 0 Å². The fraction of sp³-hybridized carbons (Fsp3) is 0.136. The van der Waals surface area contributed by atoms with Gasteiger partial charge in [0.25, 0.3) is 11.8 Å². The van der Waals surface area contributed by atoms with Crippen molar-refractivity contribution in [1.29, 1.82) is 0 Å². The topological polar surface area (TPSA) is 90.4 Å². The van der Waals surface area contributed by atoms with E-state index < -0.39 is 0 Å². The monoisotopic (exact) mass is 389 g/mol. The maximum absolute atomic E-state index is 12.0. The summed E-state index contributed by atoms with van der Waals surface area (Å²) in [5, 5.41) is 6.76. The maximum atomic E-state index is 12.0. The van der Waals surface area contributed by atoms with Crippen LogP contribution in [0.1, 0.15) is 33.4 Å². The van der Waals surface area contributed by atoms with Crippen LogP contribution in [0.2, 0.25) is 0 Å². The summed E-state index contributed by atoms with van der Waals surface area (Å²) in [5.74, 6) is 1.59. The summed E-state index contributed by atoms with van der Waals surface area (Å²) in [5.41, 5.74) is 2.99. The number of carbonyl (C=O) groups excluding carboxylic acids is 1. The van der Waals surface area contributed by atoms with Crippen LogP contribution in [0, 0.1) is 6.92 Å². The van der Waals surface area contributed by atoms with Gasteiger partial charge in [-0.05, 0) is 54.4 Å². The molecule has 7 heteroatoms. The minimum Gasteiger partial charge on any atom is -0.484 e. The van der Waals surface area contributed by atoms with E-state index in [0.717, 1.165) is 5.56 Å². The van der Waals surface area contributed by atoms with E-state index in [1.807, 2.05) is 18.2 Å². The second-order valence-corrected chi connectivity index (χ2v) is 6.45. The highest BCUT2D eigenvalue weighted by atomic mass is 16.5. The SMILES string of the molecule is Cc1ccccc1Cc1noc(COc2ccc(NC(=O)c3ccco3)cc2)n1. The third-order valence-electron chi connectivity index (χ3n) is 4.34. The molecule has 4 rings (SSSR count). The number of aromatic nitrogens is 2. The molecule has 0 saturated carbocycles. The molecule has 1 N–H and O–H groups in total. The van der Waals surface area contributed by atoms with Crippen LogP contribution in [-0.4, -0.2) is 16.0 Å². The van der Waals surface area contributed by atoms with Crippen LogP contribution >= 0.6 is 0 Å². The first-order chi connectivity index (χ1) is 14.2. The molecule has 2 aromatic carbocycles. The molecule has 0 atom stereocenters.